The zero-order valence-electron chi connectivity index (χ0n) is 19.4. The number of aryl methyl sites for hydroxylation is 1. The lowest BCUT2D eigenvalue weighted by atomic mass is 9.98. The van der Waals surface area contributed by atoms with Gasteiger partial charge in [0.25, 0.3) is 0 Å². The van der Waals surface area contributed by atoms with Crippen LogP contribution in [0.15, 0.2) is 83.9 Å². The van der Waals surface area contributed by atoms with Gasteiger partial charge < -0.3 is 20.5 Å². The summed E-state index contributed by atoms with van der Waals surface area (Å²) in [6.45, 7) is 2.64. The summed E-state index contributed by atoms with van der Waals surface area (Å²) in [6.07, 6.45) is 8.07. The molecule has 0 bridgehead atoms. The molecule has 0 aliphatic carbocycles. The highest BCUT2D eigenvalue weighted by atomic mass is 16.3. The van der Waals surface area contributed by atoms with Gasteiger partial charge in [-0.3, -0.25) is 10.1 Å². The number of para-hydroxylation sites is 1. The predicted octanol–water partition coefficient (Wildman–Crippen LogP) is 5.66. The number of nitrogens with two attached hydrogens (primary N) is 1. The van der Waals surface area contributed by atoms with E-state index in [0.29, 0.717) is 6.54 Å². The van der Waals surface area contributed by atoms with E-state index in [1.807, 2.05) is 25.3 Å². The first-order chi connectivity index (χ1) is 17.2. The molecule has 0 spiro atoms. The van der Waals surface area contributed by atoms with Crippen LogP contribution in [0.1, 0.15) is 11.3 Å². The van der Waals surface area contributed by atoms with Gasteiger partial charge in [0.1, 0.15) is 0 Å². The molecule has 2 aromatic carbocycles. The molecular formula is C28H26N6O. The Hall–Kier alpha value is -4.36. The van der Waals surface area contributed by atoms with Gasteiger partial charge in [-0.1, -0.05) is 24.3 Å². The number of rotatable bonds is 7. The van der Waals surface area contributed by atoms with Crippen LogP contribution in [-0.2, 0) is 6.42 Å². The number of benzene rings is 2. The quantitative estimate of drug-likeness (QED) is 0.245. The van der Waals surface area contributed by atoms with Crippen LogP contribution in [0.4, 0.5) is 5.69 Å². The monoisotopic (exact) mass is 462 g/mol. The maximum Gasteiger partial charge on any atom is 0.0996 e. The molecule has 0 saturated carbocycles. The van der Waals surface area contributed by atoms with Crippen LogP contribution in [0.5, 0.6) is 0 Å². The van der Waals surface area contributed by atoms with Crippen LogP contribution in [0, 0.1) is 6.92 Å². The third-order valence-corrected chi connectivity index (χ3v) is 6.47. The highest BCUT2D eigenvalue weighted by molar-refractivity contribution is 5.90. The van der Waals surface area contributed by atoms with Crippen molar-refractivity contribution in [2.45, 2.75) is 19.4 Å². The number of fused-ring (bicyclic) bond motifs is 2. The molecule has 174 valence electrons. The largest absolute Gasteiger partial charge is 0.472 e. The second kappa shape index (κ2) is 8.77. The molecule has 1 atom stereocenters. The maximum atomic E-state index is 6.51. The van der Waals surface area contributed by atoms with Crippen molar-refractivity contribution in [3.8, 4) is 22.4 Å². The molecule has 0 saturated heterocycles. The zero-order valence-corrected chi connectivity index (χ0v) is 19.4. The number of nitrogens with one attached hydrogen (secondary N) is 3. The Morgan fingerprint density at radius 1 is 1.03 bits per heavy atom. The third kappa shape index (κ3) is 4.06. The van der Waals surface area contributed by atoms with Gasteiger partial charge in [-0.25, -0.2) is 0 Å². The number of H-pyrrole nitrogens is 2. The van der Waals surface area contributed by atoms with Gasteiger partial charge in [0.05, 0.1) is 41.3 Å². The van der Waals surface area contributed by atoms with Crippen molar-refractivity contribution in [1.29, 1.82) is 0 Å². The average Bonchev–Trinajstić information content (AvgIpc) is 3.64. The predicted molar refractivity (Wildman–Crippen MR) is 140 cm³/mol. The third-order valence-electron chi connectivity index (χ3n) is 6.47. The Kier molecular flexibility index (Phi) is 5.31. The standard InChI is InChI=1S/C28H26N6O/c1-17-24-11-18(6-7-27(24)34-33-17)25-12-22(15-32-28(25)19-8-9-35-16-19)30-14-21(29)10-20-13-31-26-5-3-2-4-23(20)26/h2-9,11-13,15-16,21,30-31H,10,14,29H2,1H3,(H,33,34)/t21-/m1/s1. The number of hydrogen-bond donors (Lipinski definition) is 4. The summed E-state index contributed by atoms with van der Waals surface area (Å²) in [7, 11) is 0. The lowest BCUT2D eigenvalue weighted by Gasteiger charge is -2.15. The van der Waals surface area contributed by atoms with E-state index >= 15 is 0 Å². The SMILES string of the molecule is Cc1n[nH]c2ccc(-c3cc(NC[C@H](N)Cc4c[nH]c5ccccc45)cnc3-c3ccoc3)cc12. The van der Waals surface area contributed by atoms with Crippen LogP contribution in [0.2, 0.25) is 0 Å². The highest BCUT2D eigenvalue weighted by Crippen LogP contribution is 2.34. The number of hydrogen-bond acceptors (Lipinski definition) is 5. The number of furan rings is 1. The number of nitrogens with zero attached hydrogens (tertiary/aromatic N) is 2. The molecule has 0 aliphatic heterocycles. The second-order valence-corrected chi connectivity index (χ2v) is 8.91. The second-order valence-electron chi connectivity index (χ2n) is 8.91. The first-order valence-electron chi connectivity index (χ1n) is 11.7. The topological polar surface area (TPSA) is 109 Å². The summed E-state index contributed by atoms with van der Waals surface area (Å²) < 4.78 is 5.34. The molecule has 6 aromatic rings. The molecule has 6 rings (SSSR count). The number of aromatic amines is 2. The first kappa shape index (κ1) is 21.2. The van der Waals surface area contributed by atoms with E-state index in [1.54, 1.807) is 12.5 Å². The van der Waals surface area contributed by atoms with E-state index in [9.17, 15) is 0 Å². The maximum absolute atomic E-state index is 6.51. The van der Waals surface area contributed by atoms with Crippen LogP contribution < -0.4 is 11.1 Å². The van der Waals surface area contributed by atoms with E-state index in [1.165, 1.54) is 10.9 Å². The molecule has 7 nitrogen and oxygen atoms in total. The van der Waals surface area contributed by atoms with Gasteiger partial charge in [-0.15, -0.1) is 0 Å². The fourth-order valence-corrected chi connectivity index (χ4v) is 4.63. The van der Waals surface area contributed by atoms with Crippen molar-refractivity contribution < 1.29 is 4.42 Å². The lowest BCUT2D eigenvalue weighted by Crippen LogP contribution is -2.31. The van der Waals surface area contributed by atoms with Gasteiger partial charge in [-0.05, 0) is 54.8 Å². The van der Waals surface area contributed by atoms with Crippen molar-refractivity contribution in [2.75, 3.05) is 11.9 Å². The molecule has 4 aromatic heterocycles. The molecule has 0 radical (unpaired) electrons. The minimum Gasteiger partial charge on any atom is -0.472 e. The van der Waals surface area contributed by atoms with Crippen molar-refractivity contribution in [3.63, 3.8) is 0 Å². The number of pyridine rings is 1. The Morgan fingerprint density at radius 2 is 1.94 bits per heavy atom. The minimum atomic E-state index is -0.0452. The molecule has 0 amide bonds. The molecule has 4 heterocycles. The van der Waals surface area contributed by atoms with E-state index in [4.69, 9.17) is 15.1 Å². The average molecular weight is 463 g/mol. The summed E-state index contributed by atoms with van der Waals surface area (Å²) in [5.41, 5.74) is 15.7. The molecule has 0 aliphatic rings. The highest BCUT2D eigenvalue weighted by Gasteiger charge is 2.14. The summed E-state index contributed by atoms with van der Waals surface area (Å²) in [6, 6.07) is 18.6. The number of anilines is 1. The number of aromatic nitrogens is 4. The van der Waals surface area contributed by atoms with Gasteiger partial charge in [0.15, 0.2) is 0 Å². The van der Waals surface area contributed by atoms with E-state index in [-0.39, 0.29) is 6.04 Å². The fourth-order valence-electron chi connectivity index (χ4n) is 4.63. The Morgan fingerprint density at radius 3 is 2.83 bits per heavy atom. The molecular weight excluding hydrogens is 436 g/mol. The smallest absolute Gasteiger partial charge is 0.0996 e. The van der Waals surface area contributed by atoms with Crippen LogP contribution >= 0.6 is 0 Å². The summed E-state index contributed by atoms with van der Waals surface area (Å²) in [5, 5.41) is 13.2. The van der Waals surface area contributed by atoms with Crippen molar-refractivity contribution >= 4 is 27.5 Å². The summed E-state index contributed by atoms with van der Waals surface area (Å²) >= 11 is 0. The van der Waals surface area contributed by atoms with Crippen LogP contribution in [0.3, 0.4) is 0 Å². The van der Waals surface area contributed by atoms with Crippen molar-refractivity contribution in [2.24, 2.45) is 5.73 Å². The molecule has 7 heteroatoms. The van der Waals surface area contributed by atoms with Gasteiger partial charge in [0.2, 0.25) is 0 Å². The first-order valence-corrected chi connectivity index (χ1v) is 11.7. The Bertz CT molecular complexity index is 1610. The van der Waals surface area contributed by atoms with E-state index in [0.717, 1.165) is 56.6 Å². The van der Waals surface area contributed by atoms with Crippen LogP contribution in [-0.4, -0.2) is 32.8 Å². The van der Waals surface area contributed by atoms with Gasteiger partial charge in [0, 0.05) is 46.2 Å². The molecule has 0 unspecified atom stereocenters. The van der Waals surface area contributed by atoms with E-state index in [2.05, 4.69) is 69.2 Å². The molecule has 0 fully saturated rings. The Balaban J connectivity index is 1.27. The molecule has 35 heavy (non-hydrogen) atoms. The zero-order chi connectivity index (χ0) is 23.8. The summed E-state index contributed by atoms with van der Waals surface area (Å²) in [5.74, 6) is 0. The minimum absolute atomic E-state index is 0.0452. The van der Waals surface area contributed by atoms with Crippen molar-refractivity contribution in [1.82, 2.24) is 20.2 Å². The lowest BCUT2D eigenvalue weighted by molar-refractivity contribution is 0.568. The van der Waals surface area contributed by atoms with Gasteiger partial charge in [-0.2, -0.15) is 5.10 Å². The van der Waals surface area contributed by atoms with Crippen LogP contribution in [0.25, 0.3) is 44.2 Å². The Labute approximate surface area is 202 Å². The normalized spacial score (nSPS) is 12.4. The van der Waals surface area contributed by atoms with Gasteiger partial charge >= 0.3 is 0 Å². The fraction of sp³-hybridized carbons (Fsp3) is 0.143. The van der Waals surface area contributed by atoms with E-state index < -0.39 is 0 Å². The molecule has 5 N–H and O–H groups in total. The van der Waals surface area contributed by atoms with Crippen molar-refractivity contribution in [3.05, 3.63) is 90.8 Å². The summed E-state index contributed by atoms with van der Waals surface area (Å²) in [4.78, 5) is 8.12.